The van der Waals surface area contributed by atoms with Crippen molar-refractivity contribution in [2.24, 2.45) is 0 Å². The van der Waals surface area contributed by atoms with E-state index >= 15 is 0 Å². The van der Waals surface area contributed by atoms with Crippen LogP contribution in [0.2, 0.25) is 0 Å². The third-order valence-corrected chi connectivity index (χ3v) is 4.95. The van der Waals surface area contributed by atoms with E-state index in [0.717, 1.165) is 15.8 Å². The molecule has 0 saturated carbocycles. The summed E-state index contributed by atoms with van der Waals surface area (Å²) in [7, 11) is 2.85. The lowest BCUT2D eigenvalue weighted by atomic mass is 9.99. The van der Waals surface area contributed by atoms with E-state index in [9.17, 15) is 9.59 Å². The van der Waals surface area contributed by atoms with Crippen LogP contribution in [0.15, 0.2) is 18.2 Å². The Balaban J connectivity index is 2.01. The summed E-state index contributed by atoms with van der Waals surface area (Å²) in [4.78, 5) is 28.3. The molecule has 0 fully saturated rings. The number of rotatable bonds is 3. The van der Waals surface area contributed by atoms with E-state index in [-0.39, 0.29) is 0 Å². The number of hydrogen-bond acceptors (Lipinski definition) is 6. The van der Waals surface area contributed by atoms with Crippen LogP contribution in [0, 0.1) is 0 Å². The molecule has 1 aliphatic rings. The zero-order valence-electron chi connectivity index (χ0n) is 13.7. The Labute approximate surface area is 147 Å². The van der Waals surface area contributed by atoms with Crippen molar-refractivity contribution in [3.63, 3.8) is 0 Å². The third kappa shape index (κ3) is 3.36. The molecule has 2 aromatic rings. The van der Waals surface area contributed by atoms with Crippen molar-refractivity contribution in [3.8, 4) is 5.75 Å². The van der Waals surface area contributed by atoms with Gasteiger partial charge in [-0.2, -0.15) is 0 Å². The third-order valence-electron chi connectivity index (χ3n) is 3.95. The highest BCUT2D eigenvalue weighted by Gasteiger charge is 2.21. The first-order chi connectivity index (χ1) is 12.0. The second-order valence-corrected chi connectivity index (χ2v) is 6.34. The van der Waals surface area contributed by atoms with Gasteiger partial charge in [-0.1, -0.05) is 17.4 Å². The first-order valence-corrected chi connectivity index (χ1v) is 8.35. The summed E-state index contributed by atoms with van der Waals surface area (Å²) in [5.74, 6) is 0.608. The minimum atomic E-state index is -0.919. The van der Waals surface area contributed by atoms with Crippen molar-refractivity contribution in [2.45, 2.75) is 6.42 Å². The molecule has 1 aromatic heterocycles. The molecule has 2 amide bonds. The smallest absolute Gasteiger partial charge is 0.413 e. The van der Waals surface area contributed by atoms with Crippen LogP contribution < -0.4 is 10.1 Å². The van der Waals surface area contributed by atoms with Gasteiger partial charge in [0, 0.05) is 13.1 Å². The summed E-state index contributed by atoms with van der Waals surface area (Å²) >= 11 is 1.32. The highest BCUT2D eigenvalue weighted by atomic mass is 32.1. The topological polar surface area (TPSA) is 101 Å². The number of hydrogen-bond donors (Lipinski definition) is 2. The lowest BCUT2D eigenvalue weighted by molar-refractivity contribution is 0.150. The average molecular weight is 363 g/mol. The Hall–Kier alpha value is -2.81. The number of fused-ring (bicyclic) bond motifs is 1. The van der Waals surface area contributed by atoms with Gasteiger partial charge in [0.05, 0.1) is 18.9 Å². The van der Waals surface area contributed by atoms with Crippen LogP contribution >= 0.6 is 11.3 Å². The number of aromatic nitrogens is 1. The quantitative estimate of drug-likeness (QED) is 0.868. The molecule has 0 radical (unpaired) electrons. The fraction of sp³-hybridized carbons (Fsp3) is 0.312. The molecular formula is C16H17N3O5S. The first-order valence-electron chi connectivity index (χ1n) is 7.53. The number of benzene rings is 1. The monoisotopic (exact) mass is 363 g/mol. The summed E-state index contributed by atoms with van der Waals surface area (Å²) < 4.78 is 10.8. The maximum Gasteiger partial charge on any atom is 0.413 e. The van der Waals surface area contributed by atoms with Crippen molar-refractivity contribution in [1.82, 2.24) is 9.88 Å². The van der Waals surface area contributed by atoms with Gasteiger partial charge in [0.25, 0.3) is 0 Å². The van der Waals surface area contributed by atoms with E-state index in [1.54, 1.807) is 7.11 Å². The van der Waals surface area contributed by atoms with Gasteiger partial charge in [-0.3, -0.25) is 5.32 Å². The maximum absolute atomic E-state index is 11.4. The highest BCUT2D eigenvalue weighted by molar-refractivity contribution is 7.22. The van der Waals surface area contributed by atoms with Gasteiger partial charge < -0.3 is 19.5 Å². The van der Waals surface area contributed by atoms with Crippen LogP contribution in [0.4, 0.5) is 14.7 Å². The Morgan fingerprint density at radius 3 is 2.76 bits per heavy atom. The number of ether oxygens (including phenoxy) is 2. The molecule has 2 heterocycles. The Kier molecular flexibility index (Phi) is 4.75. The number of anilines is 1. The highest BCUT2D eigenvalue weighted by Crippen LogP contribution is 2.39. The Morgan fingerprint density at radius 1 is 1.36 bits per heavy atom. The standard InChI is InChI=1S/C16H17N3O5S/c1-23-11-4-3-10(9-5-7-19(8-6-9)16(21)22)13-12(11)17-14(25-13)18-15(20)24-2/h3-5H,6-8H2,1-2H3,(H,21,22)(H,17,18,20). The van der Waals surface area contributed by atoms with E-state index < -0.39 is 12.2 Å². The minimum absolute atomic E-state index is 0.351. The predicted molar refractivity (Wildman–Crippen MR) is 94.4 cm³/mol. The second kappa shape index (κ2) is 6.98. The number of carboxylic acid groups (broad SMARTS) is 1. The van der Waals surface area contributed by atoms with Gasteiger partial charge in [-0.25, -0.2) is 14.6 Å². The van der Waals surface area contributed by atoms with Crippen LogP contribution in [0.1, 0.15) is 12.0 Å². The molecule has 132 valence electrons. The molecule has 0 aliphatic carbocycles. The van der Waals surface area contributed by atoms with Crippen LogP contribution in [0.5, 0.6) is 5.75 Å². The van der Waals surface area contributed by atoms with E-state index in [4.69, 9.17) is 9.84 Å². The fourth-order valence-corrected chi connectivity index (χ4v) is 3.70. The molecule has 1 aromatic carbocycles. The van der Waals surface area contributed by atoms with Crippen molar-refractivity contribution >= 4 is 44.4 Å². The van der Waals surface area contributed by atoms with Crippen LogP contribution in [-0.4, -0.2) is 54.5 Å². The molecule has 1 aliphatic heterocycles. The van der Waals surface area contributed by atoms with Crippen molar-refractivity contribution in [3.05, 3.63) is 23.8 Å². The van der Waals surface area contributed by atoms with Crippen molar-refractivity contribution in [1.29, 1.82) is 0 Å². The number of methoxy groups -OCH3 is 2. The molecule has 0 unspecified atom stereocenters. The number of carbonyl (C=O) groups is 2. The molecular weight excluding hydrogens is 346 g/mol. The molecule has 0 spiro atoms. The maximum atomic E-state index is 11.4. The molecule has 0 saturated heterocycles. The molecule has 3 rings (SSSR count). The lowest BCUT2D eigenvalue weighted by Crippen LogP contribution is -2.33. The van der Waals surface area contributed by atoms with Gasteiger partial charge in [-0.05, 0) is 29.7 Å². The summed E-state index contributed by atoms with van der Waals surface area (Å²) in [6, 6.07) is 3.76. The molecule has 0 bridgehead atoms. The molecule has 2 N–H and O–H groups in total. The van der Waals surface area contributed by atoms with Gasteiger partial charge in [-0.15, -0.1) is 0 Å². The van der Waals surface area contributed by atoms with E-state index in [2.05, 4.69) is 15.0 Å². The average Bonchev–Trinajstić information content (AvgIpc) is 3.04. The summed E-state index contributed by atoms with van der Waals surface area (Å²) in [5, 5.41) is 12.0. The molecule has 8 nitrogen and oxygen atoms in total. The number of nitrogens with zero attached hydrogens (tertiary/aromatic N) is 2. The van der Waals surface area contributed by atoms with Crippen molar-refractivity contribution in [2.75, 3.05) is 32.6 Å². The SMILES string of the molecule is COC(=O)Nc1nc2c(OC)ccc(C3=CCN(C(=O)O)CC3)c2s1. The number of carbonyl (C=O) groups excluding carboxylic acids is 1. The van der Waals surface area contributed by atoms with Crippen LogP contribution in [-0.2, 0) is 4.74 Å². The molecule has 0 atom stereocenters. The van der Waals surface area contributed by atoms with Crippen molar-refractivity contribution < 1.29 is 24.2 Å². The zero-order valence-corrected chi connectivity index (χ0v) is 14.6. The minimum Gasteiger partial charge on any atom is -0.494 e. The van der Waals surface area contributed by atoms with Gasteiger partial charge in [0.1, 0.15) is 11.3 Å². The predicted octanol–water partition coefficient (Wildman–Crippen LogP) is 3.25. The van der Waals surface area contributed by atoms with E-state index in [0.29, 0.717) is 35.9 Å². The largest absolute Gasteiger partial charge is 0.494 e. The fourth-order valence-electron chi connectivity index (χ4n) is 2.68. The summed E-state index contributed by atoms with van der Waals surface area (Å²) in [6.07, 6.45) is 1.02. The summed E-state index contributed by atoms with van der Waals surface area (Å²) in [5.41, 5.74) is 2.67. The second-order valence-electron chi connectivity index (χ2n) is 5.34. The molecule has 9 heteroatoms. The Bertz CT molecular complexity index is 861. The molecule has 25 heavy (non-hydrogen) atoms. The van der Waals surface area contributed by atoms with E-state index in [1.165, 1.54) is 23.3 Å². The van der Waals surface area contributed by atoms with Crippen LogP contribution in [0.3, 0.4) is 0 Å². The lowest BCUT2D eigenvalue weighted by Gasteiger charge is -2.24. The number of thiazole rings is 1. The Morgan fingerprint density at radius 2 is 2.16 bits per heavy atom. The number of amides is 2. The summed E-state index contributed by atoms with van der Waals surface area (Å²) in [6.45, 7) is 0.797. The van der Waals surface area contributed by atoms with Gasteiger partial charge in [0.15, 0.2) is 5.13 Å². The normalized spacial score (nSPS) is 14.2. The first kappa shape index (κ1) is 17.0. The zero-order chi connectivity index (χ0) is 18.0. The number of nitrogens with one attached hydrogen (secondary N) is 1. The van der Waals surface area contributed by atoms with E-state index in [1.807, 2.05) is 18.2 Å². The van der Waals surface area contributed by atoms with Gasteiger partial charge >= 0.3 is 12.2 Å². The van der Waals surface area contributed by atoms with Crippen LogP contribution in [0.25, 0.3) is 15.8 Å². The van der Waals surface area contributed by atoms with Gasteiger partial charge in [0.2, 0.25) is 0 Å².